The number of rotatable bonds is 5. The molecule has 2 aromatic carbocycles. The molecule has 0 saturated carbocycles. The maximum Gasteiger partial charge on any atom is 0.252 e. The summed E-state index contributed by atoms with van der Waals surface area (Å²) in [6.07, 6.45) is 0. The highest BCUT2D eigenvalue weighted by atomic mass is 32.1. The number of hydrogen-bond acceptors (Lipinski definition) is 3. The van der Waals surface area contributed by atoms with Crippen LogP contribution < -0.4 is 10.6 Å². The Bertz CT molecular complexity index is 626. The third kappa shape index (κ3) is 4.11. The van der Waals surface area contributed by atoms with Crippen molar-refractivity contribution in [2.75, 3.05) is 13.1 Å². The molecule has 2 N–H and O–H groups in total. The van der Waals surface area contributed by atoms with E-state index in [2.05, 4.69) is 23.3 Å². The molecular weight excluding hydrogens is 296 g/mol. The lowest BCUT2D eigenvalue weighted by molar-refractivity contribution is 0.0926. The average Bonchev–Trinajstić information content (AvgIpc) is 2.52. The van der Waals surface area contributed by atoms with E-state index in [0.717, 1.165) is 5.56 Å². The van der Waals surface area contributed by atoms with Crippen molar-refractivity contribution in [1.29, 1.82) is 0 Å². The maximum absolute atomic E-state index is 12.0. The molecule has 0 saturated heterocycles. The lowest BCUT2D eigenvalue weighted by Gasteiger charge is -2.09. The molecule has 5 heteroatoms. The van der Waals surface area contributed by atoms with Crippen molar-refractivity contribution in [3.63, 3.8) is 0 Å². The van der Waals surface area contributed by atoms with Gasteiger partial charge >= 0.3 is 0 Å². The van der Waals surface area contributed by atoms with E-state index in [0.29, 0.717) is 29.1 Å². The molecule has 0 bridgehead atoms. The second-order valence-electron chi connectivity index (χ2n) is 4.84. The van der Waals surface area contributed by atoms with Crippen molar-refractivity contribution in [1.82, 2.24) is 10.6 Å². The fraction of sp³-hybridized carbons (Fsp3) is 0.176. The first-order chi connectivity index (χ1) is 10.6. The fourth-order valence-electron chi connectivity index (χ4n) is 2.04. The van der Waals surface area contributed by atoms with Gasteiger partial charge in [0.15, 0.2) is 0 Å². The van der Waals surface area contributed by atoms with Gasteiger partial charge in [0.1, 0.15) is 0 Å². The van der Waals surface area contributed by atoms with Crippen LogP contribution in [0.1, 0.15) is 26.3 Å². The number of nitrogens with one attached hydrogen (secondary N) is 2. The van der Waals surface area contributed by atoms with Gasteiger partial charge < -0.3 is 10.6 Å². The van der Waals surface area contributed by atoms with Crippen LogP contribution in [0.2, 0.25) is 0 Å². The van der Waals surface area contributed by atoms with Gasteiger partial charge in [0, 0.05) is 23.5 Å². The summed E-state index contributed by atoms with van der Waals surface area (Å²) in [6.45, 7) is 2.62. The third-order valence-corrected chi connectivity index (χ3v) is 3.62. The van der Waals surface area contributed by atoms with E-state index in [-0.39, 0.29) is 11.8 Å². The molecule has 0 aromatic heterocycles. The Morgan fingerprint density at radius 1 is 0.864 bits per heavy atom. The standard InChI is InChI=1S/C17H18N2O2S/c1-12-6-2-3-7-13(12)16(20)18-10-11-19-17(21)14-8-4-5-9-15(14)22/h2-9,22H,10-11H2,1H3,(H,18,20)(H,19,21). The zero-order valence-corrected chi connectivity index (χ0v) is 13.2. The van der Waals surface area contributed by atoms with Crippen LogP contribution in [0.4, 0.5) is 0 Å². The smallest absolute Gasteiger partial charge is 0.252 e. The first kappa shape index (κ1) is 16.1. The molecule has 4 nitrogen and oxygen atoms in total. The summed E-state index contributed by atoms with van der Waals surface area (Å²) in [6, 6.07) is 14.5. The molecule has 0 aliphatic heterocycles. The Hall–Kier alpha value is -2.27. The normalized spacial score (nSPS) is 10.1. The van der Waals surface area contributed by atoms with E-state index in [4.69, 9.17) is 0 Å². The highest BCUT2D eigenvalue weighted by molar-refractivity contribution is 7.80. The highest BCUT2D eigenvalue weighted by Gasteiger charge is 2.09. The minimum absolute atomic E-state index is 0.137. The monoisotopic (exact) mass is 314 g/mol. The summed E-state index contributed by atoms with van der Waals surface area (Å²) in [5, 5.41) is 5.55. The minimum Gasteiger partial charge on any atom is -0.350 e. The lowest BCUT2D eigenvalue weighted by atomic mass is 10.1. The fourth-order valence-corrected chi connectivity index (χ4v) is 2.30. The van der Waals surface area contributed by atoms with Crippen LogP contribution in [0, 0.1) is 6.92 Å². The number of benzene rings is 2. The van der Waals surface area contributed by atoms with E-state index in [1.54, 1.807) is 24.3 Å². The van der Waals surface area contributed by atoms with E-state index < -0.39 is 0 Å². The Morgan fingerprint density at radius 3 is 1.95 bits per heavy atom. The molecule has 0 unspecified atom stereocenters. The van der Waals surface area contributed by atoms with E-state index in [1.807, 2.05) is 31.2 Å². The Labute approximate surface area is 135 Å². The first-order valence-corrected chi connectivity index (χ1v) is 7.44. The van der Waals surface area contributed by atoms with Crippen molar-refractivity contribution in [3.8, 4) is 0 Å². The quantitative estimate of drug-likeness (QED) is 0.586. The lowest BCUT2D eigenvalue weighted by Crippen LogP contribution is -2.35. The second kappa shape index (κ2) is 7.66. The first-order valence-electron chi connectivity index (χ1n) is 6.99. The van der Waals surface area contributed by atoms with Gasteiger partial charge in [-0.05, 0) is 30.7 Å². The molecular formula is C17H18N2O2S. The maximum atomic E-state index is 12.0. The SMILES string of the molecule is Cc1ccccc1C(=O)NCCNC(=O)c1ccccc1S. The molecule has 22 heavy (non-hydrogen) atoms. The predicted octanol–water partition coefficient (Wildman–Crippen LogP) is 2.44. The summed E-state index contributed by atoms with van der Waals surface area (Å²) < 4.78 is 0. The van der Waals surface area contributed by atoms with Crippen molar-refractivity contribution >= 4 is 24.4 Å². The Kier molecular flexibility index (Phi) is 5.61. The van der Waals surface area contributed by atoms with Crippen LogP contribution in [0.3, 0.4) is 0 Å². The zero-order valence-electron chi connectivity index (χ0n) is 12.3. The van der Waals surface area contributed by atoms with Gasteiger partial charge in [-0.25, -0.2) is 0 Å². The van der Waals surface area contributed by atoms with Gasteiger partial charge in [0.25, 0.3) is 11.8 Å². The van der Waals surface area contributed by atoms with Gasteiger partial charge in [0.05, 0.1) is 5.56 Å². The molecule has 114 valence electrons. The summed E-state index contributed by atoms with van der Waals surface area (Å²) >= 11 is 4.24. The topological polar surface area (TPSA) is 58.2 Å². The molecule has 0 heterocycles. The summed E-state index contributed by atoms with van der Waals surface area (Å²) in [5.41, 5.74) is 2.10. The Morgan fingerprint density at radius 2 is 1.36 bits per heavy atom. The van der Waals surface area contributed by atoms with Crippen LogP contribution in [-0.2, 0) is 0 Å². The predicted molar refractivity (Wildman–Crippen MR) is 89.5 cm³/mol. The molecule has 0 aliphatic carbocycles. The van der Waals surface area contributed by atoms with E-state index in [9.17, 15) is 9.59 Å². The summed E-state index contributed by atoms with van der Waals surface area (Å²) in [5.74, 6) is -0.335. The average molecular weight is 314 g/mol. The number of carbonyl (C=O) groups is 2. The molecule has 2 rings (SSSR count). The zero-order chi connectivity index (χ0) is 15.9. The van der Waals surface area contributed by atoms with Crippen LogP contribution in [0.5, 0.6) is 0 Å². The Balaban J connectivity index is 1.80. The van der Waals surface area contributed by atoms with Gasteiger partial charge in [-0.1, -0.05) is 30.3 Å². The minimum atomic E-state index is -0.198. The number of carbonyl (C=O) groups excluding carboxylic acids is 2. The number of thiol groups is 1. The number of aryl methyl sites for hydroxylation is 1. The van der Waals surface area contributed by atoms with Crippen LogP contribution in [0.15, 0.2) is 53.4 Å². The van der Waals surface area contributed by atoms with Crippen LogP contribution in [-0.4, -0.2) is 24.9 Å². The van der Waals surface area contributed by atoms with E-state index in [1.165, 1.54) is 0 Å². The summed E-state index contributed by atoms with van der Waals surface area (Å²) in [7, 11) is 0. The van der Waals surface area contributed by atoms with Crippen molar-refractivity contribution in [3.05, 3.63) is 65.2 Å². The van der Waals surface area contributed by atoms with Gasteiger partial charge in [-0.15, -0.1) is 12.6 Å². The molecule has 0 fully saturated rings. The summed E-state index contributed by atoms with van der Waals surface area (Å²) in [4.78, 5) is 24.6. The van der Waals surface area contributed by atoms with Crippen molar-refractivity contribution in [2.24, 2.45) is 0 Å². The molecule has 0 spiro atoms. The molecule has 0 radical (unpaired) electrons. The van der Waals surface area contributed by atoms with E-state index >= 15 is 0 Å². The highest BCUT2D eigenvalue weighted by Crippen LogP contribution is 2.12. The molecule has 0 atom stereocenters. The molecule has 0 aliphatic rings. The van der Waals surface area contributed by atoms with Gasteiger partial charge in [-0.2, -0.15) is 0 Å². The number of hydrogen-bond donors (Lipinski definition) is 3. The third-order valence-electron chi connectivity index (χ3n) is 3.23. The van der Waals surface area contributed by atoms with Crippen molar-refractivity contribution in [2.45, 2.75) is 11.8 Å². The van der Waals surface area contributed by atoms with Gasteiger partial charge in [-0.3, -0.25) is 9.59 Å². The second-order valence-corrected chi connectivity index (χ2v) is 5.33. The van der Waals surface area contributed by atoms with Crippen molar-refractivity contribution < 1.29 is 9.59 Å². The van der Waals surface area contributed by atoms with Crippen LogP contribution in [0.25, 0.3) is 0 Å². The molecule has 2 aromatic rings. The van der Waals surface area contributed by atoms with Gasteiger partial charge in [0.2, 0.25) is 0 Å². The largest absolute Gasteiger partial charge is 0.350 e. The molecule has 2 amide bonds. The van der Waals surface area contributed by atoms with Crippen LogP contribution >= 0.6 is 12.6 Å². The number of amides is 2.